The van der Waals surface area contributed by atoms with E-state index in [0.717, 1.165) is 0 Å². The maximum atomic E-state index is 13.1. The number of carbonyl (C=O) groups excluding carboxylic acids is 2. The van der Waals surface area contributed by atoms with Crippen LogP contribution in [0.4, 0.5) is 24.5 Å². The van der Waals surface area contributed by atoms with Gasteiger partial charge in [-0.05, 0) is 42.0 Å². The number of hydrogen-bond acceptors (Lipinski definition) is 8. The van der Waals surface area contributed by atoms with Crippen molar-refractivity contribution in [1.29, 1.82) is 0 Å². The number of hydrogen-bond donors (Lipinski definition) is 6. The summed E-state index contributed by atoms with van der Waals surface area (Å²) < 4.78 is 31.7. The topological polar surface area (TPSA) is 181 Å². The fraction of sp³-hybridized carbons (Fsp3) is 0.346. The minimum absolute atomic E-state index is 0.00820. The van der Waals surface area contributed by atoms with Gasteiger partial charge in [-0.3, -0.25) is 19.4 Å². The number of aliphatic carboxylic acids is 2. The van der Waals surface area contributed by atoms with E-state index >= 15 is 0 Å². The molecule has 12 nitrogen and oxygen atoms in total. The zero-order valence-corrected chi connectivity index (χ0v) is 23.6. The maximum absolute atomic E-state index is 13.1. The number of aliphatic hydroxyl groups excluding tert-OH is 1. The van der Waals surface area contributed by atoms with Crippen LogP contribution in [-0.2, 0) is 19.2 Å². The van der Waals surface area contributed by atoms with Crippen LogP contribution in [0.15, 0.2) is 47.5 Å². The van der Waals surface area contributed by atoms with Crippen molar-refractivity contribution >= 4 is 64.3 Å². The van der Waals surface area contributed by atoms with Crippen LogP contribution in [0.3, 0.4) is 0 Å². The SMILES string of the molecule is O=C(O)C(F)(F)F.O=C(O)CC(NC(=O)C1CC(=O)N(c2cccc(NC3=NCC(O)CN3)c2)C1)c1cc(Cl)cc(Cl)c1. The monoisotopic (exact) mass is 647 g/mol. The predicted molar refractivity (Wildman–Crippen MR) is 150 cm³/mol. The Bertz CT molecular complexity index is 1390. The summed E-state index contributed by atoms with van der Waals surface area (Å²) in [6.45, 7) is 0.827. The fourth-order valence-corrected chi connectivity index (χ4v) is 4.67. The Morgan fingerprint density at radius 1 is 1.12 bits per heavy atom. The number of alkyl halides is 3. The summed E-state index contributed by atoms with van der Waals surface area (Å²) in [5, 5.41) is 35.5. The van der Waals surface area contributed by atoms with Crippen LogP contribution in [0.2, 0.25) is 10.0 Å². The minimum Gasteiger partial charge on any atom is -0.481 e. The first kappa shape index (κ1) is 33.4. The van der Waals surface area contributed by atoms with Gasteiger partial charge in [0.25, 0.3) is 0 Å². The molecule has 0 aromatic heterocycles. The molecule has 43 heavy (non-hydrogen) atoms. The van der Waals surface area contributed by atoms with E-state index in [1.54, 1.807) is 30.3 Å². The molecule has 1 fully saturated rings. The van der Waals surface area contributed by atoms with Gasteiger partial charge in [0, 0.05) is 40.9 Å². The summed E-state index contributed by atoms with van der Waals surface area (Å²) in [5.41, 5.74) is 1.77. The van der Waals surface area contributed by atoms with Gasteiger partial charge in [0.15, 0.2) is 5.96 Å². The average Bonchev–Trinajstić information content (AvgIpc) is 3.30. The molecule has 0 spiro atoms. The van der Waals surface area contributed by atoms with E-state index in [1.807, 2.05) is 6.07 Å². The number of guanidine groups is 1. The highest BCUT2D eigenvalue weighted by atomic mass is 35.5. The molecule has 232 valence electrons. The molecule has 3 atom stereocenters. The van der Waals surface area contributed by atoms with Crippen molar-refractivity contribution in [3.63, 3.8) is 0 Å². The van der Waals surface area contributed by atoms with Crippen LogP contribution in [0.25, 0.3) is 0 Å². The molecule has 0 saturated carbocycles. The summed E-state index contributed by atoms with van der Waals surface area (Å²) >= 11 is 12.1. The first-order chi connectivity index (χ1) is 20.1. The summed E-state index contributed by atoms with van der Waals surface area (Å²) in [6.07, 6.45) is -5.99. The molecule has 2 amide bonds. The van der Waals surface area contributed by atoms with Crippen LogP contribution in [-0.4, -0.2) is 76.9 Å². The molecule has 0 bridgehead atoms. The molecule has 6 N–H and O–H groups in total. The fourth-order valence-electron chi connectivity index (χ4n) is 4.13. The van der Waals surface area contributed by atoms with E-state index in [4.69, 9.17) is 33.1 Å². The predicted octanol–water partition coefficient (Wildman–Crippen LogP) is 3.04. The Morgan fingerprint density at radius 2 is 1.77 bits per heavy atom. The Balaban J connectivity index is 0.000000646. The third-order valence-corrected chi connectivity index (χ3v) is 6.54. The molecule has 2 aromatic carbocycles. The Hall–Kier alpha value is -4.08. The molecule has 2 aliphatic heterocycles. The zero-order valence-electron chi connectivity index (χ0n) is 22.1. The first-order valence-electron chi connectivity index (χ1n) is 12.5. The quantitative estimate of drug-likeness (QED) is 0.263. The molecule has 3 unspecified atom stereocenters. The second-order valence-corrected chi connectivity index (χ2v) is 10.3. The van der Waals surface area contributed by atoms with Crippen molar-refractivity contribution in [3.05, 3.63) is 58.1 Å². The maximum Gasteiger partial charge on any atom is 0.490 e. The summed E-state index contributed by atoms with van der Waals surface area (Å²) in [6, 6.07) is 10.9. The lowest BCUT2D eigenvalue weighted by molar-refractivity contribution is -0.192. The van der Waals surface area contributed by atoms with Crippen LogP contribution < -0.4 is 20.9 Å². The number of β-amino-alcohol motifs (C(OH)–C–C–N with tert-alkyl or cyclic N) is 1. The second kappa shape index (κ2) is 14.4. The van der Waals surface area contributed by atoms with Crippen LogP contribution in [0.5, 0.6) is 0 Å². The number of amides is 2. The summed E-state index contributed by atoms with van der Waals surface area (Å²) in [4.78, 5) is 51.9. The third kappa shape index (κ3) is 10.0. The second-order valence-electron chi connectivity index (χ2n) is 9.47. The van der Waals surface area contributed by atoms with Gasteiger partial charge >= 0.3 is 18.1 Å². The average molecular weight is 648 g/mol. The van der Waals surface area contributed by atoms with Crippen molar-refractivity contribution in [2.75, 3.05) is 29.9 Å². The van der Waals surface area contributed by atoms with Gasteiger partial charge in [-0.15, -0.1) is 0 Å². The highest BCUT2D eigenvalue weighted by Crippen LogP contribution is 2.30. The van der Waals surface area contributed by atoms with Crippen molar-refractivity contribution < 1.29 is 47.7 Å². The number of benzene rings is 2. The van der Waals surface area contributed by atoms with E-state index < -0.39 is 42.1 Å². The number of carboxylic acids is 2. The van der Waals surface area contributed by atoms with Gasteiger partial charge in [0.05, 0.1) is 31.0 Å². The molecule has 2 heterocycles. The van der Waals surface area contributed by atoms with Gasteiger partial charge in [-0.2, -0.15) is 13.2 Å². The Labute approximate surface area is 252 Å². The smallest absolute Gasteiger partial charge is 0.481 e. The van der Waals surface area contributed by atoms with Crippen LogP contribution in [0.1, 0.15) is 24.4 Å². The highest BCUT2D eigenvalue weighted by molar-refractivity contribution is 6.34. The van der Waals surface area contributed by atoms with E-state index in [-0.39, 0.29) is 25.3 Å². The lowest BCUT2D eigenvalue weighted by Crippen LogP contribution is -2.42. The third-order valence-electron chi connectivity index (χ3n) is 6.11. The summed E-state index contributed by atoms with van der Waals surface area (Å²) in [7, 11) is 0. The number of anilines is 2. The molecule has 0 aliphatic carbocycles. The number of aliphatic hydroxyl groups is 1. The van der Waals surface area contributed by atoms with Gasteiger partial charge in [-0.25, -0.2) is 4.79 Å². The molecule has 0 radical (unpaired) electrons. The molecule has 4 rings (SSSR count). The van der Waals surface area contributed by atoms with Crippen molar-refractivity contribution in [1.82, 2.24) is 10.6 Å². The first-order valence-corrected chi connectivity index (χ1v) is 13.3. The molecule has 2 aromatic rings. The van der Waals surface area contributed by atoms with Gasteiger partial charge in [-0.1, -0.05) is 29.3 Å². The normalized spacial score (nSPS) is 18.9. The van der Waals surface area contributed by atoms with Gasteiger partial charge < -0.3 is 36.2 Å². The van der Waals surface area contributed by atoms with E-state index in [9.17, 15) is 37.8 Å². The van der Waals surface area contributed by atoms with Gasteiger partial charge in [0.2, 0.25) is 11.8 Å². The van der Waals surface area contributed by atoms with Crippen LogP contribution in [0, 0.1) is 5.92 Å². The standard InChI is InChI=1S/C24H25Cl2N5O5.C2HF3O2/c25-15-4-13(5-16(26)7-15)20(9-22(34)35)30-23(36)14-6-21(33)31(12-14)18-3-1-2-17(8-18)29-24-27-10-19(32)11-28-24;3-2(4,5)1(6)7/h1-5,7-8,14,19-20,32H,6,9-12H2,(H,30,36)(H,34,35)(H2,27,28,29);(H,6,7). The number of rotatable bonds is 7. The number of carboxylic acid groups (broad SMARTS) is 2. The van der Waals surface area contributed by atoms with Crippen molar-refractivity contribution in [2.45, 2.75) is 31.2 Å². The Morgan fingerprint density at radius 3 is 2.33 bits per heavy atom. The number of halogens is 5. The lowest BCUT2D eigenvalue weighted by atomic mass is 10.0. The van der Waals surface area contributed by atoms with Gasteiger partial charge in [0.1, 0.15) is 0 Å². The van der Waals surface area contributed by atoms with Crippen molar-refractivity contribution in [2.24, 2.45) is 10.9 Å². The van der Waals surface area contributed by atoms with E-state index in [2.05, 4.69) is 20.9 Å². The lowest BCUT2D eigenvalue weighted by Gasteiger charge is -2.22. The molecule has 1 saturated heterocycles. The minimum atomic E-state index is -5.08. The Kier molecular flexibility index (Phi) is 11.2. The van der Waals surface area contributed by atoms with Crippen LogP contribution >= 0.6 is 23.2 Å². The highest BCUT2D eigenvalue weighted by Gasteiger charge is 2.38. The number of nitrogens with one attached hydrogen (secondary N) is 3. The number of carbonyl (C=O) groups is 4. The largest absolute Gasteiger partial charge is 0.490 e. The number of aliphatic imine (C=N–C) groups is 1. The molecular weight excluding hydrogens is 622 g/mol. The van der Waals surface area contributed by atoms with Crippen molar-refractivity contribution in [3.8, 4) is 0 Å². The summed E-state index contributed by atoms with van der Waals surface area (Å²) in [5.74, 6) is -4.64. The molecular formula is C26H26Cl2F3N5O7. The molecule has 2 aliphatic rings. The van der Waals surface area contributed by atoms with E-state index in [0.29, 0.717) is 46.0 Å². The zero-order chi connectivity index (χ0) is 31.9. The van der Waals surface area contributed by atoms with E-state index in [1.165, 1.54) is 11.0 Å². The number of nitrogens with zero attached hydrogens (tertiary/aromatic N) is 2. The molecule has 17 heteroatoms.